The number of unbranched alkanes of at least 4 members (excludes halogenated alkanes) is 1. The molecular weight excluding hydrogens is 256 g/mol. The summed E-state index contributed by atoms with van der Waals surface area (Å²) in [7, 11) is 0. The number of hydrogen-bond acceptors (Lipinski definition) is 2. The Labute approximate surface area is 120 Å². The molecule has 0 unspecified atom stereocenters. The maximum atomic E-state index is 11.6. The Balaban J connectivity index is 2.64. The molecule has 19 heavy (non-hydrogen) atoms. The Kier molecular flexibility index (Phi) is 6.50. The Bertz CT molecular complexity index is 457. The maximum Gasteiger partial charge on any atom is 0.226 e. The predicted octanol–water partition coefficient (Wildman–Crippen LogP) is 3.56. The van der Waals surface area contributed by atoms with Crippen molar-refractivity contribution in [3.63, 3.8) is 0 Å². The van der Waals surface area contributed by atoms with Crippen molar-refractivity contribution in [3.05, 3.63) is 29.3 Å². The van der Waals surface area contributed by atoms with Crippen LogP contribution in [-0.2, 0) is 11.2 Å². The van der Waals surface area contributed by atoms with E-state index in [1.807, 2.05) is 19.1 Å². The molecule has 3 nitrogen and oxygen atoms in total. The lowest BCUT2D eigenvalue weighted by atomic mass is 10.1. The van der Waals surface area contributed by atoms with E-state index in [1.165, 1.54) is 5.56 Å². The number of nitrogens with one attached hydrogen (secondary N) is 2. The molecule has 4 heteroatoms. The summed E-state index contributed by atoms with van der Waals surface area (Å²) < 4.78 is 0. The lowest BCUT2D eigenvalue weighted by molar-refractivity contribution is -0.119. The van der Waals surface area contributed by atoms with Crippen LogP contribution in [0, 0.1) is 6.92 Å². The molecule has 0 spiro atoms. The minimum absolute atomic E-state index is 0.0222. The van der Waals surface area contributed by atoms with Crippen molar-refractivity contribution in [2.45, 2.75) is 46.5 Å². The normalized spacial score (nSPS) is 10.1. The second-order valence-electron chi connectivity index (χ2n) is 4.57. The third-order valence-corrected chi connectivity index (χ3v) is 3.19. The molecule has 0 saturated carbocycles. The van der Waals surface area contributed by atoms with E-state index in [1.54, 1.807) is 0 Å². The molecule has 2 N–H and O–H groups in total. The molecule has 0 aromatic heterocycles. The summed E-state index contributed by atoms with van der Waals surface area (Å²) in [5.74, 6) is -0.0222. The van der Waals surface area contributed by atoms with Crippen LogP contribution in [0.25, 0.3) is 0 Å². The van der Waals surface area contributed by atoms with Gasteiger partial charge in [0.2, 0.25) is 5.91 Å². The first-order valence-electron chi connectivity index (χ1n) is 6.77. The highest BCUT2D eigenvalue weighted by Gasteiger charge is 2.08. The molecule has 1 aromatic carbocycles. The molecule has 0 aliphatic rings. The molecule has 0 heterocycles. The van der Waals surface area contributed by atoms with Crippen molar-refractivity contribution < 1.29 is 4.79 Å². The van der Waals surface area contributed by atoms with E-state index in [4.69, 9.17) is 12.2 Å². The predicted molar refractivity (Wildman–Crippen MR) is 84.4 cm³/mol. The zero-order valence-corrected chi connectivity index (χ0v) is 12.7. The first-order chi connectivity index (χ1) is 9.08. The molecule has 1 aromatic rings. The van der Waals surface area contributed by atoms with Crippen LogP contribution in [0.5, 0.6) is 0 Å². The zero-order chi connectivity index (χ0) is 14.3. The third-order valence-electron chi connectivity index (χ3n) is 2.99. The lowest BCUT2D eigenvalue weighted by Gasteiger charge is -2.15. The van der Waals surface area contributed by atoms with E-state index in [0.29, 0.717) is 11.5 Å². The molecule has 0 aliphatic heterocycles. The standard InChI is InChI=1S/C15H22N2OS/c1-4-6-10-13(18)16-15(19)17-14-11(3)8-7-9-12(14)5-2/h7-9H,4-6,10H2,1-3H3,(H2,16,17,18,19). The average molecular weight is 278 g/mol. The Morgan fingerprint density at radius 1 is 1.32 bits per heavy atom. The number of hydrogen-bond donors (Lipinski definition) is 2. The van der Waals surface area contributed by atoms with Crippen LogP contribution in [0.3, 0.4) is 0 Å². The number of anilines is 1. The van der Waals surface area contributed by atoms with E-state index < -0.39 is 0 Å². The van der Waals surface area contributed by atoms with Crippen molar-refractivity contribution in [2.75, 3.05) is 5.32 Å². The van der Waals surface area contributed by atoms with Gasteiger partial charge in [-0.25, -0.2) is 0 Å². The van der Waals surface area contributed by atoms with Crippen LogP contribution in [-0.4, -0.2) is 11.0 Å². The maximum absolute atomic E-state index is 11.6. The van der Waals surface area contributed by atoms with Crippen LogP contribution in [0.2, 0.25) is 0 Å². The van der Waals surface area contributed by atoms with E-state index in [9.17, 15) is 4.79 Å². The van der Waals surface area contributed by atoms with Gasteiger partial charge in [-0.15, -0.1) is 0 Å². The number of thiocarbonyl (C=S) groups is 1. The van der Waals surface area contributed by atoms with Gasteiger partial charge in [-0.05, 0) is 43.1 Å². The van der Waals surface area contributed by atoms with Gasteiger partial charge in [0.05, 0.1) is 0 Å². The summed E-state index contributed by atoms with van der Waals surface area (Å²) in [4.78, 5) is 11.6. The molecule has 0 fully saturated rings. The first-order valence-corrected chi connectivity index (χ1v) is 7.18. The van der Waals surface area contributed by atoms with Gasteiger partial charge in [0, 0.05) is 12.1 Å². The second-order valence-corrected chi connectivity index (χ2v) is 4.98. The quantitative estimate of drug-likeness (QED) is 0.809. The SMILES string of the molecule is CCCCC(=O)NC(=S)Nc1c(C)cccc1CC. The summed E-state index contributed by atoms with van der Waals surface area (Å²) >= 11 is 5.19. The highest BCUT2D eigenvalue weighted by Crippen LogP contribution is 2.20. The monoisotopic (exact) mass is 278 g/mol. The van der Waals surface area contributed by atoms with Gasteiger partial charge in [0.1, 0.15) is 0 Å². The number of para-hydroxylation sites is 1. The van der Waals surface area contributed by atoms with Crippen molar-refractivity contribution in [1.29, 1.82) is 0 Å². The number of carbonyl (C=O) groups is 1. The summed E-state index contributed by atoms with van der Waals surface area (Å²) in [6.07, 6.45) is 3.34. The molecule has 1 rings (SSSR count). The second kappa shape index (κ2) is 7.89. The summed E-state index contributed by atoms with van der Waals surface area (Å²) in [5, 5.41) is 6.24. The van der Waals surface area contributed by atoms with Crippen molar-refractivity contribution in [1.82, 2.24) is 5.32 Å². The van der Waals surface area contributed by atoms with E-state index in [2.05, 4.69) is 30.5 Å². The third kappa shape index (κ3) is 4.99. The minimum atomic E-state index is -0.0222. The first kappa shape index (κ1) is 15.6. The number of rotatable bonds is 5. The van der Waals surface area contributed by atoms with Crippen LogP contribution in [0.1, 0.15) is 44.2 Å². The van der Waals surface area contributed by atoms with Crippen LogP contribution >= 0.6 is 12.2 Å². The number of carbonyl (C=O) groups excluding carboxylic acids is 1. The van der Waals surface area contributed by atoms with Crippen LogP contribution in [0.15, 0.2) is 18.2 Å². The molecular formula is C15H22N2OS. The zero-order valence-electron chi connectivity index (χ0n) is 11.9. The van der Waals surface area contributed by atoms with Gasteiger partial charge in [-0.2, -0.15) is 0 Å². The van der Waals surface area contributed by atoms with Gasteiger partial charge in [0.25, 0.3) is 0 Å². The fourth-order valence-corrected chi connectivity index (χ4v) is 2.09. The van der Waals surface area contributed by atoms with Crippen molar-refractivity contribution in [3.8, 4) is 0 Å². The van der Waals surface area contributed by atoms with Crippen molar-refractivity contribution >= 4 is 28.9 Å². The van der Waals surface area contributed by atoms with E-state index >= 15 is 0 Å². The van der Waals surface area contributed by atoms with Gasteiger partial charge in [-0.1, -0.05) is 38.5 Å². The smallest absolute Gasteiger partial charge is 0.226 e. The summed E-state index contributed by atoms with van der Waals surface area (Å²) in [6, 6.07) is 6.13. The molecule has 104 valence electrons. The molecule has 0 atom stereocenters. The van der Waals surface area contributed by atoms with Gasteiger partial charge in [0.15, 0.2) is 5.11 Å². The Morgan fingerprint density at radius 2 is 2.05 bits per heavy atom. The molecule has 0 radical (unpaired) electrons. The van der Waals surface area contributed by atoms with Gasteiger partial charge < -0.3 is 10.6 Å². The number of aryl methyl sites for hydroxylation is 2. The van der Waals surface area contributed by atoms with Gasteiger partial charge >= 0.3 is 0 Å². The van der Waals surface area contributed by atoms with Crippen molar-refractivity contribution in [2.24, 2.45) is 0 Å². The fourth-order valence-electron chi connectivity index (χ4n) is 1.87. The lowest BCUT2D eigenvalue weighted by Crippen LogP contribution is -2.34. The molecule has 1 amide bonds. The van der Waals surface area contributed by atoms with E-state index in [0.717, 1.165) is 30.5 Å². The molecule has 0 saturated heterocycles. The highest BCUT2D eigenvalue weighted by molar-refractivity contribution is 7.80. The Morgan fingerprint density at radius 3 is 2.68 bits per heavy atom. The average Bonchev–Trinajstić information content (AvgIpc) is 2.38. The van der Waals surface area contributed by atoms with Crippen LogP contribution in [0.4, 0.5) is 5.69 Å². The Hall–Kier alpha value is -1.42. The fraction of sp³-hybridized carbons (Fsp3) is 0.467. The summed E-state index contributed by atoms with van der Waals surface area (Å²) in [5.41, 5.74) is 3.33. The van der Waals surface area contributed by atoms with Gasteiger partial charge in [-0.3, -0.25) is 4.79 Å². The van der Waals surface area contributed by atoms with E-state index in [-0.39, 0.29) is 5.91 Å². The molecule has 0 bridgehead atoms. The topological polar surface area (TPSA) is 41.1 Å². The number of benzene rings is 1. The molecule has 0 aliphatic carbocycles. The minimum Gasteiger partial charge on any atom is -0.332 e. The summed E-state index contributed by atoms with van der Waals surface area (Å²) in [6.45, 7) is 6.19. The number of amides is 1. The highest BCUT2D eigenvalue weighted by atomic mass is 32.1. The van der Waals surface area contributed by atoms with Crippen LogP contribution < -0.4 is 10.6 Å². The largest absolute Gasteiger partial charge is 0.332 e.